The molecule has 1 aromatic heterocycles. The number of carbonyl (C=O) groups excluding carboxylic acids is 1. The number of benzene rings is 2. The van der Waals surface area contributed by atoms with Crippen molar-refractivity contribution < 1.29 is 24.5 Å². The second-order valence-electron chi connectivity index (χ2n) is 5.73. The summed E-state index contributed by atoms with van der Waals surface area (Å²) in [6, 6.07) is 9.88. The van der Waals surface area contributed by atoms with Gasteiger partial charge in [0.25, 0.3) is 0 Å². The molecule has 134 valence electrons. The highest BCUT2D eigenvalue weighted by atomic mass is 16.5. The molecule has 0 saturated heterocycles. The van der Waals surface area contributed by atoms with Gasteiger partial charge in [0, 0.05) is 29.6 Å². The monoisotopic (exact) mass is 353 g/mol. The van der Waals surface area contributed by atoms with Gasteiger partial charge in [-0.3, -0.25) is 0 Å². The van der Waals surface area contributed by atoms with E-state index in [0.717, 1.165) is 16.5 Å². The first kappa shape index (κ1) is 17.4. The van der Waals surface area contributed by atoms with Crippen molar-refractivity contribution in [3.8, 4) is 17.2 Å². The van der Waals surface area contributed by atoms with Crippen LogP contribution in [0.3, 0.4) is 0 Å². The number of aromatic nitrogens is 1. The molecule has 0 aliphatic heterocycles. The lowest BCUT2D eigenvalue weighted by Gasteiger charge is -2.04. The van der Waals surface area contributed by atoms with Crippen molar-refractivity contribution in [1.82, 2.24) is 4.98 Å². The molecule has 2 aromatic carbocycles. The van der Waals surface area contributed by atoms with Gasteiger partial charge in [-0.2, -0.15) is 0 Å². The molecule has 3 aromatic rings. The lowest BCUT2D eigenvalue weighted by atomic mass is 10.1. The number of methoxy groups -OCH3 is 1. The summed E-state index contributed by atoms with van der Waals surface area (Å²) in [6.45, 7) is 0.227. The first-order valence-corrected chi connectivity index (χ1v) is 8.07. The van der Waals surface area contributed by atoms with Gasteiger partial charge in [0.2, 0.25) is 0 Å². The van der Waals surface area contributed by atoms with E-state index < -0.39 is 5.97 Å². The van der Waals surface area contributed by atoms with E-state index in [-0.39, 0.29) is 18.1 Å². The number of rotatable bonds is 6. The Bertz CT molecular complexity index is 958. The van der Waals surface area contributed by atoms with Crippen LogP contribution in [0.15, 0.2) is 48.7 Å². The summed E-state index contributed by atoms with van der Waals surface area (Å²) in [7, 11) is 1.46. The van der Waals surface area contributed by atoms with Gasteiger partial charge >= 0.3 is 5.97 Å². The number of carbonyl (C=O) groups is 1. The molecule has 1 heterocycles. The number of fused-ring (bicyclic) bond motifs is 1. The molecular formula is C20H19NO5. The first-order chi connectivity index (χ1) is 12.6. The third-order valence-electron chi connectivity index (χ3n) is 3.98. The zero-order chi connectivity index (χ0) is 18.5. The summed E-state index contributed by atoms with van der Waals surface area (Å²) in [5.41, 5.74) is 2.60. The molecule has 0 radical (unpaired) electrons. The van der Waals surface area contributed by atoms with Crippen molar-refractivity contribution >= 4 is 22.9 Å². The average molecular weight is 353 g/mol. The minimum absolute atomic E-state index is 0.0389. The minimum atomic E-state index is -0.459. The zero-order valence-corrected chi connectivity index (χ0v) is 14.2. The first-order valence-electron chi connectivity index (χ1n) is 8.07. The van der Waals surface area contributed by atoms with Crippen LogP contribution in [-0.4, -0.2) is 34.9 Å². The summed E-state index contributed by atoms with van der Waals surface area (Å²) in [5, 5.41) is 20.0. The Balaban J connectivity index is 1.56. The average Bonchev–Trinajstić information content (AvgIpc) is 3.03. The minimum Gasteiger partial charge on any atom is -0.508 e. The van der Waals surface area contributed by atoms with E-state index in [2.05, 4.69) is 4.98 Å². The van der Waals surface area contributed by atoms with Gasteiger partial charge in [-0.25, -0.2) is 4.79 Å². The fourth-order valence-electron chi connectivity index (χ4n) is 2.65. The lowest BCUT2D eigenvalue weighted by Crippen LogP contribution is -2.04. The number of hydrogen-bond acceptors (Lipinski definition) is 5. The van der Waals surface area contributed by atoms with Crippen LogP contribution < -0.4 is 4.74 Å². The number of esters is 1. The van der Waals surface area contributed by atoms with E-state index >= 15 is 0 Å². The van der Waals surface area contributed by atoms with Gasteiger partial charge in [0.05, 0.1) is 13.7 Å². The van der Waals surface area contributed by atoms with Crippen LogP contribution in [0.2, 0.25) is 0 Å². The van der Waals surface area contributed by atoms with Crippen molar-refractivity contribution in [3.05, 3.63) is 59.8 Å². The number of phenols is 2. The molecule has 0 bridgehead atoms. The maximum atomic E-state index is 11.8. The van der Waals surface area contributed by atoms with Crippen molar-refractivity contribution in [3.63, 3.8) is 0 Å². The summed E-state index contributed by atoms with van der Waals surface area (Å²) in [6.07, 6.45) is 5.30. The van der Waals surface area contributed by atoms with Gasteiger partial charge in [0.1, 0.15) is 5.75 Å². The number of phenolic OH excluding ortho intramolecular Hbond substituents is 2. The quantitative estimate of drug-likeness (QED) is 0.467. The zero-order valence-electron chi connectivity index (χ0n) is 14.2. The highest BCUT2D eigenvalue weighted by Crippen LogP contribution is 2.26. The Hall–Kier alpha value is -3.41. The van der Waals surface area contributed by atoms with Crippen LogP contribution in [0.5, 0.6) is 17.2 Å². The molecule has 26 heavy (non-hydrogen) atoms. The Morgan fingerprint density at radius 1 is 1.19 bits per heavy atom. The number of nitrogens with one attached hydrogen (secondary N) is 1. The molecule has 0 saturated carbocycles. The normalized spacial score (nSPS) is 11.1. The molecule has 0 aliphatic rings. The van der Waals surface area contributed by atoms with Crippen molar-refractivity contribution in [2.24, 2.45) is 0 Å². The molecule has 0 aliphatic carbocycles. The second-order valence-corrected chi connectivity index (χ2v) is 5.73. The molecule has 6 heteroatoms. The maximum Gasteiger partial charge on any atom is 0.330 e. The summed E-state index contributed by atoms with van der Waals surface area (Å²) in [4.78, 5) is 15.0. The lowest BCUT2D eigenvalue weighted by molar-refractivity contribution is -0.137. The number of hydrogen-bond donors (Lipinski definition) is 3. The van der Waals surface area contributed by atoms with E-state index in [4.69, 9.17) is 9.47 Å². The molecule has 6 nitrogen and oxygen atoms in total. The predicted molar refractivity (Wildman–Crippen MR) is 98.3 cm³/mol. The summed E-state index contributed by atoms with van der Waals surface area (Å²) >= 11 is 0. The molecular weight excluding hydrogens is 334 g/mol. The Labute approximate surface area is 150 Å². The maximum absolute atomic E-state index is 11.8. The van der Waals surface area contributed by atoms with E-state index in [0.29, 0.717) is 17.7 Å². The largest absolute Gasteiger partial charge is 0.508 e. The smallest absolute Gasteiger partial charge is 0.330 e. The SMILES string of the molecule is COc1cc(/C=C/C(=O)OCCc2c[nH]c3ccc(O)cc23)ccc1O. The van der Waals surface area contributed by atoms with Gasteiger partial charge < -0.3 is 24.7 Å². The fraction of sp³-hybridized carbons (Fsp3) is 0.150. The van der Waals surface area contributed by atoms with E-state index in [1.54, 1.807) is 36.4 Å². The highest BCUT2D eigenvalue weighted by molar-refractivity contribution is 5.87. The van der Waals surface area contributed by atoms with Crippen LogP contribution in [-0.2, 0) is 16.0 Å². The van der Waals surface area contributed by atoms with Crippen molar-refractivity contribution in [2.45, 2.75) is 6.42 Å². The number of H-pyrrole nitrogens is 1. The summed E-state index contributed by atoms with van der Waals surface area (Å²) in [5.74, 6) is 0.113. The highest BCUT2D eigenvalue weighted by Gasteiger charge is 2.06. The molecule has 3 N–H and O–H groups in total. The van der Waals surface area contributed by atoms with Crippen LogP contribution in [0.4, 0.5) is 0 Å². The van der Waals surface area contributed by atoms with Gasteiger partial charge in [0.15, 0.2) is 11.5 Å². The van der Waals surface area contributed by atoms with Crippen LogP contribution in [0.1, 0.15) is 11.1 Å². The van der Waals surface area contributed by atoms with Gasteiger partial charge in [-0.1, -0.05) is 6.07 Å². The number of aromatic hydroxyl groups is 2. The number of ether oxygens (including phenoxy) is 2. The predicted octanol–water partition coefficient (Wildman–Crippen LogP) is 3.39. The van der Waals surface area contributed by atoms with Crippen LogP contribution in [0.25, 0.3) is 17.0 Å². The van der Waals surface area contributed by atoms with Gasteiger partial charge in [-0.15, -0.1) is 0 Å². The number of aromatic amines is 1. The van der Waals surface area contributed by atoms with E-state index in [1.165, 1.54) is 19.3 Å². The third-order valence-corrected chi connectivity index (χ3v) is 3.98. The van der Waals surface area contributed by atoms with Crippen molar-refractivity contribution in [2.75, 3.05) is 13.7 Å². The van der Waals surface area contributed by atoms with E-state index in [9.17, 15) is 15.0 Å². The fourth-order valence-corrected chi connectivity index (χ4v) is 2.65. The van der Waals surface area contributed by atoms with Crippen molar-refractivity contribution in [1.29, 1.82) is 0 Å². The topological polar surface area (TPSA) is 91.8 Å². The van der Waals surface area contributed by atoms with Gasteiger partial charge in [-0.05, 0) is 47.5 Å². The molecule has 0 fully saturated rings. The Morgan fingerprint density at radius 2 is 2.04 bits per heavy atom. The molecule has 0 spiro atoms. The van der Waals surface area contributed by atoms with Crippen LogP contribution in [0, 0.1) is 0 Å². The Kier molecular flexibility index (Phi) is 5.12. The van der Waals surface area contributed by atoms with E-state index in [1.807, 2.05) is 6.20 Å². The van der Waals surface area contributed by atoms with Crippen LogP contribution >= 0.6 is 0 Å². The Morgan fingerprint density at radius 3 is 2.85 bits per heavy atom. The molecule has 0 amide bonds. The summed E-state index contributed by atoms with van der Waals surface area (Å²) < 4.78 is 10.2. The molecule has 0 unspecified atom stereocenters. The molecule has 0 atom stereocenters. The molecule has 3 rings (SSSR count). The standard InChI is InChI=1S/C20H19NO5/c1-25-19-10-13(2-6-18(19)23)3-7-20(24)26-9-8-14-12-21-17-5-4-15(22)11-16(14)17/h2-7,10-12,21-23H,8-9H2,1H3/b7-3+. The third kappa shape index (κ3) is 3.97. The second kappa shape index (κ2) is 7.65.